The Morgan fingerprint density at radius 3 is 1.80 bits per heavy atom. The highest BCUT2D eigenvalue weighted by Crippen LogP contribution is 2.22. The Kier molecular flexibility index (Phi) is 6.17. The molecule has 0 saturated heterocycles. The van der Waals surface area contributed by atoms with Gasteiger partial charge in [-0.2, -0.15) is 0 Å². The van der Waals surface area contributed by atoms with Crippen LogP contribution in [0.1, 0.15) is 25.0 Å². The molecule has 2 rings (SSSR count). The number of phenolic OH excluding ortho intramolecular Hbond substituents is 2. The summed E-state index contributed by atoms with van der Waals surface area (Å²) in [6.07, 6.45) is 3.72. The Morgan fingerprint density at radius 1 is 0.800 bits per heavy atom. The number of ether oxygens (including phenoxy) is 1. The van der Waals surface area contributed by atoms with Crippen LogP contribution >= 0.6 is 0 Å². The van der Waals surface area contributed by atoms with Gasteiger partial charge in [-0.15, -0.1) is 0 Å². The predicted octanol–water partition coefficient (Wildman–Crippen LogP) is 4.30. The van der Waals surface area contributed by atoms with Gasteiger partial charge in [-0.05, 0) is 35.4 Å². The van der Waals surface area contributed by atoms with E-state index in [0.29, 0.717) is 0 Å². The molecule has 3 nitrogen and oxygen atoms in total. The number of aromatic hydroxyl groups is 2. The van der Waals surface area contributed by atoms with Crippen LogP contribution in [0.5, 0.6) is 17.2 Å². The maximum absolute atomic E-state index is 9.35. The quantitative estimate of drug-likeness (QED) is 0.819. The summed E-state index contributed by atoms with van der Waals surface area (Å²) < 4.78 is 5.07. The maximum atomic E-state index is 9.35. The molecular formula is C17H20O3. The Labute approximate surface area is 119 Å². The van der Waals surface area contributed by atoms with Crippen LogP contribution in [-0.2, 0) is 0 Å². The van der Waals surface area contributed by atoms with Crippen LogP contribution in [-0.4, -0.2) is 17.3 Å². The van der Waals surface area contributed by atoms with Gasteiger partial charge in [-0.25, -0.2) is 0 Å². The molecule has 2 N–H and O–H groups in total. The van der Waals surface area contributed by atoms with E-state index in [9.17, 15) is 10.2 Å². The third-order valence-corrected chi connectivity index (χ3v) is 2.51. The van der Waals surface area contributed by atoms with Crippen LogP contribution in [0.25, 0.3) is 12.2 Å². The van der Waals surface area contributed by atoms with Gasteiger partial charge in [0, 0.05) is 6.07 Å². The van der Waals surface area contributed by atoms with E-state index in [4.69, 9.17) is 4.74 Å². The van der Waals surface area contributed by atoms with Crippen molar-refractivity contribution in [3.8, 4) is 17.2 Å². The van der Waals surface area contributed by atoms with Crippen molar-refractivity contribution in [2.24, 2.45) is 0 Å². The van der Waals surface area contributed by atoms with Crippen molar-refractivity contribution in [1.82, 2.24) is 0 Å². The van der Waals surface area contributed by atoms with E-state index >= 15 is 0 Å². The van der Waals surface area contributed by atoms with Crippen molar-refractivity contribution in [2.75, 3.05) is 7.11 Å². The molecule has 2 aromatic rings. The largest absolute Gasteiger partial charge is 0.508 e. The lowest BCUT2D eigenvalue weighted by molar-refractivity contribution is 0.415. The standard InChI is InChI=1S/C15H14O3.C2H6/c1-18-15-6-4-11(5-7-15)2-3-12-8-13(16)10-14(17)9-12;1-2/h2-10,16-17H,1H3;1-2H3/b3-2+;. The summed E-state index contributed by atoms with van der Waals surface area (Å²) in [7, 11) is 1.63. The van der Waals surface area contributed by atoms with Crippen LogP contribution in [0, 0.1) is 0 Å². The lowest BCUT2D eigenvalue weighted by atomic mass is 10.1. The molecule has 0 bridgehead atoms. The minimum absolute atomic E-state index is 0.0457. The second-order valence-corrected chi connectivity index (χ2v) is 3.89. The molecule has 0 heterocycles. The number of hydrogen-bond acceptors (Lipinski definition) is 3. The topological polar surface area (TPSA) is 49.7 Å². The van der Waals surface area contributed by atoms with Gasteiger partial charge in [0.15, 0.2) is 0 Å². The van der Waals surface area contributed by atoms with Crippen molar-refractivity contribution >= 4 is 12.2 Å². The lowest BCUT2D eigenvalue weighted by Crippen LogP contribution is -1.81. The van der Waals surface area contributed by atoms with Crippen molar-refractivity contribution in [3.05, 3.63) is 53.6 Å². The van der Waals surface area contributed by atoms with Gasteiger partial charge in [0.1, 0.15) is 17.2 Å². The zero-order valence-corrected chi connectivity index (χ0v) is 12.0. The summed E-state index contributed by atoms with van der Waals surface area (Å²) in [6, 6.07) is 12.1. The minimum Gasteiger partial charge on any atom is -0.508 e. The maximum Gasteiger partial charge on any atom is 0.119 e. The monoisotopic (exact) mass is 272 g/mol. The van der Waals surface area contributed by atoms with Crippen molar-refractivity contribution < 1.29 is 14.9 Å². The first-order valence-corrected chi connectivity index (χ1v) is 6.52. The first-order valence-electron chi connectivity index (χ1n) is 6.52. The van der Waals surface area contributed by atoms with Crippen LogP contribution in [0.2, 0.25) is 0 Å². The molecule has 20 heavy (non-hydrogen) atoms. The van der Waals surface area contributed by atoms with Crippen LogP contribution in [0.4, 0.5) is 0 Å². The molecule has 0 amide bonds. The molecule has 0 aliphatic rings. The molecule has 0 aliphatic carbocycles. The summed E-state index contributed by atoms with van der Waals surface area (Å²) in [5.41, 5.74) is 1.75. The molecule has 0 radical (unpaired) electrons. The van der Waals surface area contributed by atoms with Crippen LogP contribution in [0.3, 0.4) is 0 Å². The zero-order valence-electron chi connectivity index (χ0n) is 12.0. The van der Waals surface area contributed by atoms with Gasteiger partial charge in [-0.1, -0.05) is 38.1 Å². The number of rotatable bonds is 3. The highest BCUT2D eigenvalue weighted by Gasteiger charge is 1.96. The first kappa shape index (κ1) is 15.6. The summed E-state index contributed by atoms with van der Waals surface area (Å²) in [6.45, 7) is 4.00. The number of benzene rings is 2. The molecule has 2 aromatic carbocycles. The second kappa shape index (κ2) is 7.89. The van der Waals surface area contributed by atoms with E-state index in [2.05, 4.69) is 0 Å². The molecule has 0 fully saturated rings. The van der Waals surface area contributed by atoms with E-state index in [-0.39, 0.29) is 11.5 Å². The van der Waals surface area contributed by atoms with Gasteiger partial charge in [0.25, 0.3) is 0 Å². The lowest BCUT2D eigenvalue weighted by Gasteiger charge is -2.00. The Morgan fingerprint density at radius 2 is 1.30 bits per heavy atom. The molecule has 0 spiro atoms. The van der Waals surface area contributed by atoms with Crippen molar-refractivity contribution in [1.29, 1.82) is 0 Å². The fourth-order valence-electron chi connectivity index (χ4n) is 1.62. The average molecular weight is 272 g/mol. The molecule has 0 atom stereocenters. The van der Waals surface area contributed by atoms with Crippen molar-refractivity contribution in [2.45, 2.75) is 13.8 Å². The fraction of sp³-hybridized carbons (Fsp3) is 0.176. The van der Waals surface area contributed by atoms with E-state index in [1.165, 1.54) is 6.07 Å². The third kappa shape index (κ3) is 4.69. The molecule has 0 saturated carbocycles. The van der Waals surface area contributed by atoms with E-state index in [1.54, 1.807) is 19.2 Å². The Hall–Kier alpha value is -2.42. The second-order valence-electron chi connectivity index (χ2n) is 3.89. The van der Waals surface area contributed by atoms with Gasteiger partial charge < -0.3 is 14.9 Å². The number of phenols is 2. The summed E-state index contributed by atoms with van der Waals surface area (Å²) in [5.74, 6) is 0.899. The molecule has 0 unspecified atom stereocenters. The third-order valence-electron chi connectivity index (χ3n) is 2.51. The average Bonchev–Trinajstić information content (AvgIpc) is 2.47. The first-order chi connectivity index (χ1) is 9.67. The number of methoxy groups -OCH3 is 1. The van der Waals surface area contributed by atoms with Gasteiger partial charge in [-0.3, -0.25) is 0 Å². The van der Waals surface area contributed by atoms with E-state index in [0.717, 1.165) is 16.9 Å². The SMILES string of the molecule is CC.COc1ccc(/C=C/c2cc(O)cc(O)c2)cc1. The zero-order chi connectivity index (χ0) is 15.0. The molecular weight excluding hydrogens is 252 g/mol. The highest BCUT2D eigenvalue weighted by atomic mass is 16.5. The van der Waals surface area contributed by atoms with E-state index in [1.807, 2.05) is 50.3 Å². The highest BCUT2D eigenvalue weighted by molar-refractivity contribution is 5.71. The summed E-state index contributed by atoms with van der Waals surface area (Å²) >= 11 is 0. The van der Waals surface area contributed by atoms with E-state index < -0.39 is 0 Å². The molecule has 3 heteroatoms. The minimum atomic E-state index is 0.0457. The van der Waals surface area contributed by atoms with Gasteiger partial charge >= 0.3 is 0 Å². The Balaban J connectivity index is 0.000000956. The normalized spacial score (nSPS) is 9.95. The van der Waals surface area contributed by atoms with Crippen LogP contribution < -0.4 is 4.74 Å². The van der Waals surface area contributed by atoms with Crippen molar-refractivity contribution in [3.63, 3.8) is 0 Å². The molecule has 0 aromatic heterocycles. The molecule has 106 valence electrons. The summed E-state index contributed by atoms with van der Waals surface area (Å²) in [4.78, 5) is 0. The summed E-state index contributed by atoms with van der Waals surface area (Å²) in [5, 5.41) is 18.7. The molecule has 0 aliphatic heterocycles. The number of hydrogen-bond donors (Lipinski definition) is 2. The van der Waals surface area contributed by atoms with Gasteiger partial charge in [0.05, 0.1) is 7.11 Å². The Bertz CT molecular complexity index is 537. The smallest absolute Gasteiger partial charge is 0.119 e. The van der Waals surface area contributed by atoms with Crippen LogP contribution in [0.15, 0.2) is 42.5 Å². The van der Waals surface area contributed by atoms with Gasteiger partial charge in [0.2, 0.25) is 0 Å². The predicted molar refractivity (Wildman–Crippen MR) is 83.0 cm³/mol. The fourth-order valence-corrected chi connectivity index (χ4v) is 1.62.